The lowest BCUT2D eigenvalue weighted by atomic mass is 10.1. The van der Waals surface area contributed by atoms with E-state index in [0.29, 0.717) is 11.6 Å². The van der Waals surface area contributed by atoms with Gasteiger partial charge in [0.1, 0.15) is 6.61 Å². The lowest BCUT2D eigenvalue weighted by molar-refractivity contribution is 0.128. The second-order valence-corrected chi connectivity index (χ2v) is 6.80. The maximum absolute atomic E-state index is 6.07. The molecule has 0 unspecified atom stereocenters. The van der Waals surface area contributed by atoms with Gasteiger partial charge in [0.25, 0.3) is 0 Å². The van der Waals surface area contributed by atoms with Crippen molar-refractivity contribution in [2.45, 2.75) is 39.3 Å². The van der Waals surface area contributed by atoms with Crippen LogP contribution in [0.5, 0.6) is 11.5 Å². The Morgan fingerprint density at radius 1 is 1.04 bits per heavy atom. The van der Waals surface area contributed by atoms with Crippen LogP contribution in [0.2, 0.25) is 5.02 Å². The van der Waals surface area contributed by atoms with Gasteiger partial charge in [-0.15, -0.1) is 0 Å². The van der Waals surface area contributed by atoms with Crippen LogP contribution in [0.3, 0.4) is 0 Å². The Hall–Kier alpha value is -1.75. The third-order valence-electron chi connectivity index (χ3n) is 4.15. The van der Waals surface area contributed by atoms with Crippen LogP contribution in [0, 0.1) is 0 Å². The maximum atomic E-state index is 6.07. The lowest BCUT2D eigenvalue weighted by Crippen LogP contribution is -2.17. The second kappa shape index (κ2) is 12.6. The fourth-order valence-electron chi connectivity index (χ4n) is 2.68. The average Bonchev–Trinajstić information content (AvgIpc) is 2.68. The summed E-state index contributed by atoms with van der Waals surface area (Å²) in [5, 5.41) is 4.16. The van der Waals surface area contributed by atoms with Crippen LogP contribution in [0.1, 0.15) is 37.3 Å². The molecule has 27 heavy (non-hydrogen) atoms. The van der Waals surface area contributed by atoms with Crippen LogP contribution in [0.4, 0.5) is 0 Å². The summed E-state index contributed by atoms with van der Waals surface area (Å²) in [4.78, 5) is 0. The first kappa shape index (κ1) is 21.5. The minimum Gasteiger partial charge on any atom is -0.493 e. The lowest BCUT2D eigenvalue weighted by Gasteiger charge is -2.16. The van der Waals surface area contributed by atoms with Gasteiger partial charge in [-0.2, -0.15) is 0 Å². The smallest absolute Gasteiger partial charge is 0.166 e. The Balaban J connectivity index is 1.86. The van der Waals surface area contributed by atoms with Gasteiger partial charge >= 0.3 is 0 Å². The fourth-order valence-corrected chi connectivity index (χ4v) is 2.89. The molecule has 5 heteroatoms. The van der Waals surface area contributed by atoms with Crippen LogP contribution in [-0.2, 0) is 17.9 Å². The summed E-state index contributed by atoms with van der Waals surface area (Å²) in [6.45, 7) is 5.88. The zero-order chi connectivity index (χ0) is 19.3. The molecule has 0 radical (unpaired) electrons. The number of rotatable bonds is 13. The van der Waals surface area contributed by atoms with Crippen molar-refractivity contribution in [3.05, 3.63) is 58.6 Å². The molecule has 1 N–H and O–H groups in total. The molecule has 4 nitrogen and oxygen atoms in total. The third kappa shape index (κ3) is 7.79. The monoisotopic (exact) mass is 391 g/mol. The highest BCUT2D eigenvalue weighted by molar-refractivity contribution is 6.30. The highest BCUT2D eigenvalue weighted by atomic mass is 35.5. The summed E-state index contributed by atoms with van der Waals surface area (Å²) in [6.07, 6.45) is 3.29. The zero-order valence-corrected chi connectivity index (χ0v) is 17.1. The summed E-state index contributed by atoms with van der Waals surface area (Å²) in [5.41, 5.74) is 2.10. The SMILES string of the molecule is CCCCOCCCNCc1cccc(OC)c1OCc1cccc(Cl)c1. The first-order chi connectivity index (χ1) is 13.2. The van der Waals surface area contributed by atoms with E-state index < -0.39 is 0 Å². The van der Waals surface area contributed by atoms with Gasteiger partial charge in [-0.05, 0) is 43.1 Å². The largest absolute Gasteiger partial charge is 0.493 e. The third-order valence-corrected chi connectivity index (χ3v) is 4.39. The van der Waals surface area contributed by atoms with E-state index >= 15 is 0 Å². The minimum absolute atomic E-state index is 0.444. The van der Waals surface area contributed by atoms with E-state index in [-0.39, 0.29) is 0 Å². The minimum atomic E-state index is 0.444. The number of ether oxygens (including phenoxy) is 3. The van der Waals surface area contributed by atoms with Crippen molar-refractivity contribution in [3.63, 3.8) is 0 Å². The molecule has 0 saturated heterocycles. The van der Waals surface area contributed by atoms with E-state index in [1.54, 1.807) is 7.11 Å². The number of hydrogen-bond acceptors (Lipinski definition) is 4. The zero-order valence-electron chi connectivity index (χ0n) is 16.3. The van der Waals surface area contributed by atoms with Gasteiger partial charge in [0, 0.05) is 30.3 Å². The molecule has 0 spiro atoms. The molecule has 0 aliphatic carbocycles. The van der Waals surface area contributed by atoms with Crippen LogP contribution >= 0.6 is 11.6 Å². The van der Waals surface area contributed by atoms with Gasteiger partial charge in [0.2, 0.25) is 0 Å². The normalized spacial score (nSPS) is 10.8. The molecule has 0 heterocycles. The Labute approximate surface area is 167 Å². The quantitative estimate of drug-likeness (QED) is 0.475. The summed E-state index contributed by atoms with van der Waals surface area (Å²) in [6, 6.07) is 13.6. The molecule has 0 bridgehead atoms. The Kier molecular flexibility index (Phi) is 10.1. The number of hydrogen-bond donors (Lipinski definition) is 1. The molecular formula is C22H30ClNO3. The van der Waals surface area contributed by atoms with Gasteiger partial charge in [-0.1, -0.05) is 49.2 Å². The molecule has 0 aromatic heterocycles. The van der Waals surface area contributed by atoms with Gasteiger partial charge in [0.05, 0.1) is 7.11 Å². The van der Waals surface area contributed by atoms with Crippen LogP contribution in [0.15, 0.2) is 42.5 Å². The summed E-state index contributed by atoms with van der Waals surface area (Å²) in [7, 11) is 1.66. The van der Waals surface area contributed by atoms with Crippen molar-refractivity contribution in [1.29, 1.82) is 0 Å². The predicted molar refractivity (Wildman–Crippen MR) is 111 cm³/mol. The number of nitrogens with one attached hydrogen (secondary N) is 1. The highest BCUT2D eigenvalue weighted by Gasteiger charge is 2.11. The van der Waals surface area contributed by atoms with Crippen LogP contribution < -0.4 is 14.8 Å². The number of methoxy groups -OCH3 is 1. The maximum Gasteiger partial charge on any atom is 0.166 e. The van der Waals surface area contributed by atoms with E-state index in [4.69, 9.17) is 25.8 Å². The summed E-state index contributed by atoms with van der Waals surface area (Å²) in [5.74, 6) is 1.51. The van der Waals surface area contributed by atoms with Crippen molar-refractivity contribution < 1.29 is 14.2 Å². The number of unbranched alkanes of at least 4 members (excludes halogenated alkanes) is 1. The Morgan fingerprint density at radius 3 is 2.63 bits per heavy atom. The Morgan fingerprint density at radius 2 is 1.85 bits per heavy atom. The van der Waals surface area contributed by atoms with Crippen molar-refractivity contribution in [1.82, 2.24) is 5.32 Å². The second-order valence-electron chi connectivity index (χ2n) is 6.36. The van der Waals surface area contributed by atoms with Gasteiger partial charge in [-0.3, -0.25) is 0 Å². The standard InChI is InChI=1S/C22H30ClNO3/c1-3-4-13-26-14-7-12-24-16-19-9-6-11-21(25-2)22(19)27-17-18-8-5-10-20(23)15-18/h5-6,8-11,15,24H,3-4,7,12-14,16-17H2,1-2H3. The molecule has 2 aromatic rings. The van der Waals surface area contributed by atoms with E-state index in [9.17, 15) is 0 Å². The highest BCUT2D eigenvalue weighted by Crippen LogP contribution is 2.32. The van der Waals surface area contributed by atoms with E-state index in [1.165, 1.54) is 6.42 Å². The van der Waals surface area contributed by atoms with E-state index in [1.807, 2.05) is 36.4 Å². The molecule has 0 aliphatic rings. The number of benzene rings is 2. The Bertz CT molecular complexity index is 678. The molecule has 0 aliphatic heterocycles. The first-order valence-electron chi connectivity index (χ1n) is 9.56. The summed E-state index contributed by atoms with van der Waals surface area (Å²) < 4.78 is 17.1. The van der Waals surface area contributed by atoms with Gasteiger partial charge in [0.15, 0.2) is 11.5 Å². The topological polar surface area (TPSA) is 39.7 Å². The number of para-hydroxylation sites is 1. The molecule has 148 valence electrons. The van der Waals surface area contributed by atoms with Crippen LogP contribution in [-0.4, -0.2) is 26.9 Å². The van der Waals surface area contributed by atoms with Gasteiger partial charge < -0.3 is 19.5 Å². The molecule has 0 fully saturated rings. The number of halogens is 1. The van der Waals surface area contributed by atoms with Crippen molar-refractivity contribution in [2.75, 3.05) is 26.9 Å². The van der Waals surface area contributed by atoms with Crippen molar-refractivity contribution in [2.24, 2.45) is 0 Å². The van der Waals surface area contributed by atoms with Crippen molar-refractivity contribution >= 4 is 11.6 Å². The van der Waals surface area contributed by atoms with Crippen molar-refractivity contribution in [3.8, 4) is 11.5 Å². The molecule has 0 saturated carbocycles. The predicted octanol–water partition coefficient (Wildman–Crippen LogP) is 5.22. The molecule has 0 atom stereocenters. The molecule has 0 amide bonds. The van der Waals surface area contributed by atoms with E-state index in [2.05, 4.69) is 18.3 Å². The van der Waals surface area contributed by atoms with Gasteiger partial charge in [-0.25, -0.2) is 0 Å². The molecule has 2 aromatic carbocycles. The average molecular weight is 392 g/mol. The first-order valence-corrected chi connectivity index (χ1v) is 9.94. The fraction of sp³-hybridized carbons (Fsp3) is 0.455. The molecule has 2 rings (SSSR count). The summed E-state index contributed by atoms with van der Waals surface area (Å²) >= 11 is 6.05. The molecular weight excluding hydrogens is 362 g/mol. The van der Waals surface area contributed by atoms with E-state index in [0.717, 1.165) is 61.8 Å². The van der Waals surface area contributed by atoms with Crippen LogP contribution in [0.25, 0.3) is 0 Å².